The fourth-order valence-corrected chi connectivity index (χ4v) is 1.41. The molecule has 0 aliphatic carbocycles. The second-order valence-corrected chi connectivity index (χ2v) is 4.40. The van der Waals surface area contributed by atoms with Gasteiger partial charge in [-0.2, -0.15) is 0 Å². The molecule has 0 spiro atoms. The van der Waals surface area contributed by atoms with E-state index in [1.807, 2.05) is 13.8 Å². The minimum absolute atomic E-state index is 0.127. The van der Waals surface area contributed by atoms with Crippen LogP contribution in [0.3, 0.4) is 0 Å². The Labute approximate surface area is 96.9 Å². The van der Waals surface area contributed by atoms with Crippen molar-refractivity contribution in [1.82, 2.24) is 5.32 Å². The Morgan fingerprint density at radius 2 is 1.88 bits per heavy atom. The fraction of sp³-hybridized carbons (Fsp3) is 0.818. The van der Waals surface area contributed by atoms with Crippen LogP contribution in [0.2, 0.25) is 0 Å². The molecule has 5 heteroatoms. The van der Waals surface area contributed by atoms with Gasteiger partial charge in [0.25, 0.3) is 0 Å². The lowest BCUT2D eigenvalue weighted by atomic mass is 10.0. The van der Waals surface area contributed by atoms with E-state index in [9.17, 15) is 9.59 Å². The van der Waals surface area contributed by atoms with Gasteiger partial charge in [-0.25, -0.2) is 0 Å². The molecule has 0 saturated carbocycles. The van der Waals surface area contributed by atoms with Crippen molar-refractivity contribution < 1.29 is 9.59 Å². The van der Waals surface area contributed by atoms with E-state index in [0.29, 0.717) is 25.3 Å². The molecule has 0 rings (SSSR count). The van der Waals surface area contributed by atoms with Crippen LogP contribution in [0.1, 0.15) is 39.5 Å². The maximum Gasteiger partial charge on any atom is 0.240 e. The number of hydrogen-bond donors (Lipinski definition) is 3. The van der Waals surface area contributed by atoms with Gasteiger partial charge in [-0.05, 0) is 31.7 Å². The molecule has 0 bridgehead atoms. The number of primary amides is 1. The van der Waals surface area contributed by atoms with Crippen LogP contribution in [0, 0.1) is 5.92 Å². The molecule has 5 nitrogen and oxygen atoms in total. The first-order valence-corrected chi connectivity index (χ1v) is 5.76. The number of unbranched alkanes of at least 4 members (excludes halogenated alkanes) is 1. The van der Waals surface area contributed by atoms with Crippen LogP contribution in [0.15, 0.2) is 0 Å². The second-order valence-electron chi connectivity index (χ2n) is 4.40. The highest BCUT2D eigenvalue weighted by Crippen LogP contribution is 2.05. The molecule has 0 fully saturated rings. The molecule has 0 aliphatic heterocycles. The standard InChI is InChI=1S/C11H23N3O2/c1-8(2)7-9(11(13)16)14-10(15)5-3-4-6-12/h8-9H,3-7,12H2,1-2H3,(H2,13,16)(H,14,15)/t9-/m1/s1. The van der Waals surface area contributed by atoms with Gasteiger partial charge in [-0.3, -0.25) is 9.59 Å². The molecule has 16 heavy (non-hydrogen) atoms. The van der Waals surface area contributed by atoms with E-state index in [-0.39, 0.29) is 5.91 Å². The second kappa shape index (κ2) is 8.10. The molecule has 0 aromatic rings. The lowest BCUT2D eigenvalue weighted by molar-refractivity contribution is -0.127. The Morgan fingerprint density at radius 1 is 1.25 bits per heavy atom. The highest BCUT2D eigenvalue weighted by molar-refractivity contribution is 5.86. The maximum absolute atomic E-state index is 11.5. The molecule has 0 saturated heterocycles. The molecular formula is C11H23N3O2. The lowest BCUT2D eigenvalue weighted by Crippen LogP contribution is -2.45. The zero-order chi connectivity index (χ0) is 12.6. The highest BCUT2D eigenvalue weighted by atomic mass is 16.2. The summed E-state index contributed by atoms with van der Waals surface area (Å²) in [6, 6.07) is -0.551. The molecule has 0 aromatic heterocycles. The van der Waals surface area contributed by atoms with E-state index >= 15 is 0 Å². The van der Waals surface area contributed by atoms with Crippen LogP contribution in [-0.4, -0.2) is 24.4 Å². The number of rotatable bonds is 8. The number of nitrogens with two attached hydrogens (primary N) is 2. The highest BCUT2D eigenvalue weighted by Gasteiger charge is 2.18. The van der Waals surface area contributed by atoms with Crippen LogP contribution in [0.4, 0.5) is 0 Å². The Hall–Kier alpha value is -1.10. The maximum atomic E-state index is 11.5. The van der Waals surface area contributed by atoms with E-state index in [1.165, 1.54) is 0 Å². The van der Waals surface area contributed by atoms with Gasteiger partial charge in [-0.15, -0.1) is 0 Å². The van der Waals surface area contributed by atoms with Crippen LogP contribution in [0.5, 0.6) is 0 Å². The lowest BCUT2D eigenvalue weighted by Gasteiger charge is -2.17. The summed E-state index contributed by atoms with van der Waals surface area (Å²) in [7, 11) is 0. The predicted octanol–water partition coefficient (Wildman–Crippen LogP) is 0.132. The van der Waals surface area contributed by atoms with E-state index < -0.39 is 11.9 Å². The molecule has 1 atom stereocenters. The largest absolute Gasteiger partial charge is 0.368 e. The summed E-state index contributed by atoms with van der Waals surface area (Å²) in [6.07, 6.45) is 2.55. The van der Waals surface area contributed by atoms with Gasteiger partial charge in [0.15, 0.2) is 0 Å². The van der Waals surface area contributed by atoms with E-state index in [0.717, 1.165) is 12.8 Å². The first-order chi connectivity index (χ1) is 7.47. The van der Waals surface area contributed by atoms with Crippen molar-refractivity contribution >= 4 is 11.8 Å². The SMILES string of the molecule is CC(C)C[C@@H](NC(=O)CCCCN)C(N)=O. The average Bonchev–Trinajstić information content (AvgIpc) is 2.16. The minimum atomic E-state index is -0.551. The third-order valence-corrected chi connectivity index (χ3v) is 2.24. The summed E-state index contributed by atoms with van der Waals surface area (Å²) < 4.78 is 0. The topological polar surface area (TPSA) is 98.2 Å². The molecule has 0 aromatic carbocycles. The van der Waals surface area contributed by atoms with Crippen molar-refractivity contribution in [3.8, 4) is 0 Å². The Kier molecular flexibility index (Phi) is 7.54. The van der Waals surface area contributed by atoms with Crippen LogP contribution in [0.25, 0.3) is 0 Å². The number of hydrogen-bond acceptors (Lipinski definition) is 3. The Bertz CT molecular complexity index is 229. The Balaban J connectivity index is 3.98. The van der Waals surface area contributed by atoms with E-state index in [4.69, 9.17) is 11.5 Å². The summed E-state index contributed by atoms with van der Waals surface area (Å²) in [4.78, 5) is 22.5. The quantitative estimate of drug-likeness (QED) is 0.516. The van der Waals surface area contributed by atoms with Gasteiger partial charge in [-0.1, -0.05) is 13.8 Å². The normalized spacial score (nSPS) is 12.5. The fourth-order valence-electron chi connectivity index (χ4n) is 1.41. The van der Waals surface area contributed by atoms with Crippen molar-refractivity contribution in [2.75, 3.05) is 6.54 Å². The monoisotopic (exact) mass is 229 g/mol. The molecule has 94 valence electrons. The third-order valence-electron chi connectivity index (χ3n) is 2.24. The van der Waals surface area contributed by atoms with Crippen LogP contribution in [-0.2, 0) is 9.59 Å². The van der Waals surface area contributed by atoms with Gasteiger partial charge < -0.3 is 16.8 Å². The van der Waals surface area contributed by atoms with Crippen molar-refractivity contribution in [3.05, 3.63) is 0 Å². The first-order valence-electron chi connectivity index (χ1n) is 5.76. The molecule has 2 amide bonds. The van der Waals surface area contributed by atoms with Gasteiger partial charge in [0.2, 0.25) is 11.8 Å². The molecule has 0 aliphatic rings. The Morgan fingerprint density at radius 3 is 2.31 bits per heavy atom. The number of carbonyl (C=O) groups is 2. The zero-order valence-corrected chi connectivity index (χ0v) is 10.2. The summed E-state index contributed by atoms with van der Waals surface area (Å²) >= 11 is 0. The molecular weight excluding hydrogens is 206 g/mol. The van der Waals surface area contributed by atoms with Gasteiger partial charge in [0.05, 0.1) is 0 Å². The molecule has 0 radical (unpaired) electrons. The number of amides is 2. The van der Waals surface area contributed by atoms with Crippen molar-refractivity contribution in [2.45, 2.75) is 45.6 Å². The van der Waals surface area contributed by atoms with Gasteiger partial charge in [0, 0.05) is 6.42 Å². The van der Waals surface area contributed by atoms with Crippen molar-refractivity contribution in [3.63, 3.8) is 0 Å². The third kappa shape index (κ3) is 7.23. The summed E-state index contributed by atoms with van der Waals surface area (Å²) in [6.45, 7) is 4.55. The first kappa shape index (κ1) is 14.9. The summed E-state index contributed by atoms with van der Waals surface area (Å²) in [5.74, 6) is -0.277. The van der Waals surface area contributed by atoms with Crippen molar-refractivity contribution in [2.24, 2.45) is 17.4 Å². The average molecular weight is 229 g/mol. The number of carbonyl (C=O) groups excluding carboxylic acids is 2. The van der Waals surface area contributed by atoms with E-state index in [1.54, 1.807) is 0 Å². The number of nitrogens with one attached hydrogen (secondary N) is 1. The van der Waals surface area contributed by atoms with Crippen molar-refractivity contribution in [1.29, 1.82) is 0 Å². The molecule has 5 N–H and O–H groups in total. The summed E-state index contributed by atoms with van der Waals surface area (Å²) in [5, 5.41) is 2.65. The smallest absolute Gasteiger partial charge is 0.240 e. The summed E-state index contributed by atoms with van der Waals surface area (Å²) in [5.41, 5.74) is 10.5. The minimum Gasteiger partial charge on any atom is -0.368 e. The van der Waals surface area contributed by atoms with Gasteiger partial charge in [0.1, 0.15) is 6.04 Å². The molecule has 0 heterocycles. The zero-order valence-electron chi connectivity index (χ0n) is 10.2. The molecule has 0 unspecified atom stereocenters. The van der Waals surface area contributed by atoms with Gasteiger partial charge >= 0.3 is 0 Å². The van der Waals surface area contributed by atoms with Crippen LogP contribution >= 0.6 is 0 Å². The van der Waals surface area contributed by atoms with E-state index in [2.05, 4.69) is 5.32 Å². The van der Waals surface area contributed by atoms with Crippen LogP contribution < -0.4 is 16.8 Å². The predicted molar refractivity (Wildman–Crippen MR) is 63.5 cm³/mol.